The highest BCUT2D eigenvalue weighted by atomic mass is 32.1. The van der Waals surface area contributed by atoms with Gasteiger partial charge in [-0.2, -0.15) is 0 Å². The molecule has 7 heteroatoms. The second-order valence-corrected chi connectivity index (χ2v) is 9.44. The zero-order valence-corrected chi connectivity index (χ0v) is 19.5. The first-order valence-corrected chi connectivity index (χ1v) is 11.4. The molecule has 0 spiro atoms. The van der Waals surface area contributed by atoms with E-state index in [2.05, 4.69) is 0 Å². The fraction of sp³-hybridized carbons (Fsp3) is 0.192. The van der Waals surface area contributed by atoms with Crippen LogP contribution in [0.15, 0.2) is 58.7 Å². The van der Waals surface area contributed by atoms with E-state index in [0.29, 0.717) is 16.5 Å². The Kier molecular flexibility index (Phi) is 4.94. The number of furan rings is 1. The Hall–Kier alpha value is -3.71. The number of aryl methyl sites for hydroxylation is 4. The normalized spacial score (nSPS) is 17.9. The van der Waals surface area contributed by atoms with E-state index in [1.54, 1.807) is 18.2 Å². The van der Waals surface area contributed by atoms with Crippen molar-refractivity contribution in [2.75, 3.05) is 4.90 Å². The fourth-order valence-electron chi connectivity index (χ4n) is 4.34. The third-order valence-corrected chi connectivity index (χ3v) is 6.93. The van der Waals surface area contributed by atoms with Gasteiger partial charge >= 0.3 is 5.91 Å². The van der Waals surface area contributed by atoms with Crippen LogP contribution in [0, 0.1) is 27.7 Å². The number of thiazole rings is 1. The van der Waals surface area contributed by atoms with Crippen molar-refractivity contribution in [3.63, 3.8) is 0 Å². The van der Waals surface area contributed by atoms with Crippen LogP contribution in [0.5, 0.6) is 0 Å². The zero-order valence-electron chi connectivity index (χ0n) is 18.7. The maximum Gasteiger partial charge on any atom is 0.302 e. The molecule has 1 aliphatic rings. The number of aliphatic hydroxyl groups is 1. The van der Waals surface area contributed by atoms with Crippen molar-refractivity contribution < 1.29 is 19.1 Å². The molecule has 0 radical (unpaired) electrons. The van der Waals surface area contributed by atoms with Crippen molar-refractivity contribution in [1.29, 1.82) is 0 Å². The number of nitrogens with zero attached hydrogens (tertiary/aromatic N) is 2. The molecule has 1 saturated heterocycles. The highest BCUT2D eigenvalue weighted by Crippen LogP contribution is 2.45. The average Bonchev–Trinajstić information content (AvgIpc) is 3.48. The van der Waals surface area contributed by atoms with Gasteiger partial charge in [0.15, 0.2) is 5.13 Å². The van der Waals surface area contributed by atoms with Crippen LogP contribution in [0.25, 0.3) is 16.0 Å². The fourth-order valence-corrected chi connectivity index (χ4v) is 5.51. The van der Waals surface area contributed by atoms with Crippen molar-refractivity contribution in [3.8, 4) is 0 Å². The lowest BCUT2D eigenvalue weighted by Gasteiger charge is -2.20. The molecular formula is C26H22N2O4S. The lowest BCUT2D eigenvalue weighted by Crippen LogP contribution is -2.29. The average molecular weight is 459 g/mol. The molecule has 4 aromatic rings. The molecular weight excluding hydrogens is 436 g/mol. The predicted octanol–water partition coefficient (Wildman–Crippen LogP) is 5.75. The summed E-state index contributed by atoms with van der Waals surface area (Å²) in [4.78, 5) is 32.6. The molecule has 1 fully saturated rings. The number of carbonyl (C=O) groups is 2. The van der Waals surface area contributed by atoms with Crippen LogP contribution in [0.2, 0.25) is 0 Å². The SMILES string of the molecule is Cc1ccc(C)c(C(O)=C2C(=O)C(=O)N(c3nc4c(C)cc(C)cc4s3)C2c2ccco2)c1. The maximum atomic E-state index is 13.3. The Morgan fingerprint density at radius 2 is 1.82 bits per heavy atom. The number of hydrogen-bond acceptors (Lipinski definition) is 6. The molecule has 1 aliphatic heterocycles. The monoisotopic (exact) mass is 458 g/mol. The third kappa shape index (κ3) is 3.36. The van der Waals surface area contributed by atoms with Crippen LogP contribution >= 0.6 is 11.3 Å². The summed E-state index contributed by atoms with van der Waals surface area (Å²) in [6.07, 6.45) is 1.49. The van der Waals surface area contributed by atoms with E-state index in [1.807, 2.05) is 52.0 Å². The van der Waals surface area contributed by atoms with Gasteiger partial charge in [0.05, 0.1) is 22.1 Å². The van der Waals surface area contributed by atoms with Gasteiger partial charge in [0.25, 0.3) is 5.78 Å². The van der Waals surface area contributed by atoms with E-state index in [0.717, 1.165) is 32.5 Å². The molecule has 1 atom stereocenters. The number of aromatic nitrogens is 1. The first kappa shape index (κ1) is 21.2. The Labute approximate surface area is 194 Å². The van der Waals surface area contributed by atoms with Gasteiger partial charge in [-0.05, 0) is 68.7 Å². The highest BCUT2D eigenvalue weighted by Gasteiger charge is 2.49. The summed E-state index contributed by atoms with van der Waals surface area (Å²) in [6.45, 7) is 7.73. The topological polar surface area (TPSA) is 83.6 Å². The minimum absolute atomic E-state index is 0.00388. The van der Waals surface area contributed by atoms with Crippen LogP contribution < -0.4 is 4.90 Å². The number of aliphatic hydroxyl groups excluding tert-OH is 1. The summed E-state index contributed by atoms with van der Waals surface area (Å²) >= 11 is 1.34. The van der Waals surface area contributed by atoms with Crippen LogP contribution in [-0.2, 0) is 9.59 Å². The molecule has 6 nitrogen and oxygen atoms in total. The molecule has 3 heterocycles. The van der Waals surface area contributed by atoms with Gasteiger partial charge in [-0.15, -0.1) is 0 Å². The second-order valence-electron chi connectivity index (χ2n) is 8.43. The summed E-state index contributed by atoms with van der Waals surface area (Å²) in [5.74, 6) is -1.33. The van der Waals surface area contributed by atoms with Gasteiger partial charge in [-0.25, -0.2) is 4.98 Å². The minimum Gasteiger partial charge on any atom is -0.507 e. The Morgan fingerprint density at radius 3 is 2.55 bits per heavy atom. The van der Waals surface area contributed by atoms with Gasteiger partial charge < -0.3 is 9.52 Å². The molecule has 1 amide bonds. The summed E-state index contributed by atoms with van der Waals surface area (Å²) in [5, 5.41) is 11.7. The number of carbonyl (C=O) groups excluding carboxylic acids is 2. The number of fused-ring (bicyclic) bond motifs is 1. The van der Waals surface area contributed by atoms with Gasteiger partial charge in [-0.3, -0.25) is 14.5 Å². The summed E-state index contributed by atoms with van der Waals surface area (Å²) in [6, 6.07) is 12.1. The Morgan fingerprint density at radius 1 is 1.03 bits per heavy atom. The first-order chi connectivity index (χ1) is 15.8. The van der Waals surface area contributed by atoms with Gasteiger partial charge in [0, 0.05) is 5.56 Å². The minimum atomic E-state index is -0.915. The maximum absolute atomic E-state index is 13.3. The van der Waals surface area contributed by atoms with Crippen LogP contribution in [0.3, 0.4) is 0 Å². The van der Waals surface area contributed by atoms with Crippen LogP contribution in [0.1, 0.15) is 39.6 Å². The quantitative estimate of drug-likeness (QED) is 0.240. The predicted molar refractivity (Wildman–Crippen MR) is 129 cm³/mol. The number of Topliss-reactive ketones (excluding diaryl/α,β-unsaturated/α-hetero) is 1. The summed E-state index contributed by atoms with van der Waals surface area (Å²) < 4.78 is 6.57. The number of ketones is 1. The van der Waals surface area contributed by atoms with Crippen molar-refractivity contribution >= 4 is 44.1 Å². The van der Waals surface area contributed by atoms with Crippen LogP contribution in [0.4, 0.5) is 5.13 Å². The van der Waals surface area contributed by atoms with Gasteiger partial charge in [0.2, 0.25) is 0 Å². The zero-order chi connectivity index (χ0) is 23.4. The molecule has 0 aliphatic carbocycles. The highest BCUT2D eigenvalue weighted by molar-refractivity contribution is 7.22. The number of rotatable bonds is 3. The van der Waals surface area contributed by atoms with Gasteiger partial charge in [0.1, 0.15) is 17.6 Å². The Balaban J connectivity index is 1.75. The standard InChI is InChI=1S/C26H22N2O4S/c1-13-7-8-15(3)17(11-13)23(29)20-22(18-6-5-9-32-18)28(25(31)24(20)30)26-27-21-16(4)10-14(2)12-19(21)33-26/h5-12,22,29H,1-4H3. The lowest BCUT2D eigenvalue weighted by molar-refractivity contribution is -0.132. The van der Waals surface area contributed by atoms with E-state index in [4.69, 9.17) is 9.40 Å². The molecule has 166 valence electrons. The Bertz CT molecular complexity index is 1460. The number of benzene rings is 2. The van der Waals surface area contributed by atoms with E-state index < -0.39 is 17.7 Å². The number of hydrogen-bond donors (Lipinski definition) is 1. The van der Waals surface area contributed by atoms with E-state index in [-0.39, 0.29) is 11.3 Å². The first-order valence-electron chi connectivity index (χ1n) is 10.6. The van der Waals surface area contributed by atoms with Crippen LogP contribution in [-0.4, -0.2) is 21.8 Å². The summed E-state index contributed by atoms with van der Waals surface area (Å²) in [5.41, 5.74) is 5.12. The van der Waals surface area contributed by atoms with Gasteiger partial charge in [-0.1, -0.05) is 35.1 Å². The summed E-state index contributed by atoms with van der Waals surface area (Å²) in [7, 11) is 0. The molecule has 5 rings (SSSR count). The molecule has 2 aromatic carbocycles. The third-order valence-electron chi connectivity index (χ3n) is 5.93. The van der Waals surface area contributed by atoms with Crippen molar-refractivity contribution in [3.05, 3.63) is 87.9 Å². The second kappa shape index (κ2) is 7.71. The van der Waals surface area contributed by atoms with E-state index in [1.165, 1.54) is 22.5 Å². The molecule has 1 unspecified atom stereocenters. The van der Waals surface area contributed by atoms with E-state index in [9.17, 15) is 14.7 Å². The molecule has 2 aromatic heterocycles. The van der Waals surface area contributed by atoms with E-state index >= 15 is 0 Å². The van der Waals surface area contributed by atoms with Crippen molar-refractivity contribution in [2.45, 2.75) is 33.7 Å². The molecule has 0 bridgehead atoms. The number of amides is 1. The van der Waals surface area contributed by atoms with Crippen molar-refractivity contribution in [1.82, 2.24) is 4.98 Å². The smallest absolute Gasteiger partial charge is 0.302 e. The molecule has 1 N–H and O–H groups in total. The molecule has 0 saturated carbocycles. The van der Waals surface area contributed by atoms with Crippen molar-refractivity contribution in [2.24, 2.45) is 0 Å². The lowest BCUT2D eigenvalue weighted by atomic mass is 9.96. The largest absolute Gasteiger partial charge is 0.507 e. The molecule has 33 heavy (non-hydrogen) atoms. The number of anilines is 1.